The molecule has 0 amide bonds. The maximum absolute atomic E-state index is 5.69. The maximum atomic E-state index is 5.69. The number of rotatable bonds is 6. The van der Waals surface area contributed by atoms with Gasteiger partial charge in [0, 0.05) is 25.2 Å². The van der Waals surface area contributed by atoms with Gasteiger partial charge >= 0.3 is 0 Å². The fourth-order valence-electron chi connectivity index (χ4n) is 1.51. The van der Waals surface area contributed by atoms with Crippen molar-refractivity contribution < 1.29 is 9.47 Å². The zero-order chi connectivity index (χ0) is 13.2. The van der Waals surface area contributed by atoms with E-state index in [9.17, 15) is 0 Å². The molecular weight excluding hydrogens is 248 g/mol. The standard InChI is InChI=1S/C15H19ClO2/c1-3-17-10-5-11-18-15-8-7-14(6-4-9-16)12-13(15)2/h7-8,12H,3,5,9-11H2,1-2H3. The van der Waals surface area contributed by atoms with Gasteiger partial charge in [-0.1, -0.05) is 11.8 Å². The summed E-state index contributed by atoms with van der Waals surface area (Å²) in [4.78, 5) is 0. The Hall–Kier alpha value is -1.17. The van der Waals surface area contributed by atoms with Crippen molar-refractivity contribution in [2.45, 2.75) is 20.3 Å². The van der Waals surface area contributed by atoms with Crippen LogP contribution >= 0.6 is 11.6 Å². The van der Waals surface area contributed by atoms with Crippen molar-refractivity contribution in [2.24, 2.45) is 0 Å². The lowest BCUT2D eigenvalue weighted by atomic mass is 10.1. The second-order valence-corrected chi connectivity index (χ2v) is 4.08. The highest BCUT2D eigenvalue weighted by Gasteiger charge is 2.00. The van der Waals surface area contributed by atoms with Crippen LogP contribution in [0.25, 0.3) is 0 Å². The smallest absolute Gasteiger partial charge is 0.122 e. The van der Waals surface area contributed by atoms with Crippen LogP contribution in [0, 0.1) is 18.8 Å². The van der Waals surface area contributed by atoms with E-state index >= 15 is 0 Å². The molecule has 1 aromatic carbocycles. The zero-order valence-electron chi connectivity index (χ0n) is 11.0. The summed E-state index contributed by atoms with van der Waals surface area (Å²) in [5.74, 6) is 7.09. The predicted octanol–water partition coefficient (Wildman–Crippen LogP) is 3.39. The van der Waals surface area contributed by atoms with Crippen LogP contribution in [0.5, 0.6) is 5.75 Å². The Bertz CT molecular complexity index is 418. The van der Waals surface area contributed by atoms with Crippen molar-refractivity contribution in [3.05, 3.63) is 29.3 Å². The molecule has 3 heteroatoms. The first-order chi connectivity index (χ1) is 8.77. The van der Waals surface area contributed by atoms with E-state index in [0.717, 1.165) is 36.5 Å². The van der Waals surface area contributed by atoms with Crippen LogP contribution < -0.4 is 4.74 Å². The summed E-state index contributed by atoms with van der Waals surface area (Å²) in [7, 11) is 0. The maximum Gasteiger partial charge on any atom is 0.122 e. The summed E-state index contributed by atoms with van der Waals surface area (Å²) in [6.07, 6.45) is 0.904. The first-order valence-electron chi connectivity index (χ1n) is 6.14. The Balaban J connectivity index is 2.47. The molecule has 0 saturated carbocycles. The van der Waals surface area contributed by atoms with E-state index in [1.165, 1.54) is 0 Å². The average molecular weight is 267 g/mol. The van der Waals surface area contributed by atoms with E-state index in [-0.39, 0.29) is 0 Å². The molecule has 0 bridgehead atoms. The molecule has 1 aromatic rings. The first-order valence-corrected chi connectivity index (χ1v) is 6.67. The molecule has 0 aliphatic carbocycles. The molecule has 0 fully saturated rings. The Morgan fingerprint density at radius 3 is 2.78 bits per heavy atom. The van der Waals surface area contributed by atoms with E-state index in [1.807, 2.05) is 32.0 Å². The molecule has 2 nitrogen and oxygen atoms in total. The summed E-state index contributed by atoms with van der Waals surface area (Å²) in [6.45, 7) is 6.19. The average Bonchev–Trinajstić information content (AvgIpc) is 2.38. The molecule has 0 aromatic heterocycles. The number of hydrogen-bond acceptors (Lipinski definition) is 2. The van der Waals surface area contributed by atoms with Crippen LogP contribution in [0.3, 0.4) is 0 Å². The second kappa shape index (κ2) is 8.85. The molecule has 0 aliphatic heterocycles. The highest BCUT2D eigenvalue weighted by molar-refractivity contribution is 6.19. The molecule has 0 spiro atoms. The lowest BCUT2D eigenvalue weighted by molar-refractivity contribution is 0.130. The van der Waals surface area contributed by atoms with Gasteiger partial charge in [0.1, 0.15) is 5.75 Å². The van der Waals surface area contributed by atoms with E-state index in [1.54, 1.807) is 0 Å². The Morgan fingerprint density at radius 1 is 1.28 bits per heavy atom. The minimum atomic E-state index is 0.356. The lowest BCUT2D eigenvalue weighted by Crippen LogP contribution is -2.03. The van der Waals surface area contributed by atoms with Crippen molar-refractivity contribution in [3.63, 3.8) is 0 Å². The van der Waals surface area contributed by atoms with Gasteiger partial charge in [0.25, 0.3) is 0 Å². The molecule has 0 heterocycles. The largest absolute Gasteiger partial charge is 0.493 e. The monoisotopic (exact) mass is 266 g/mol. The minimum Gasteiger partial charge on any atom is -0.493 e. The normalized spacial score (nSPS) is 9.72. The van der Waals surface area contributed by atoms with Crippen LogP contribution in [0.15, 0.2) is 18.2 Å². The number of halogens is 1. The van der Waals surface area contributed by atoms with Gasteiger partial charge in [-0.15, -0.1) is 11.6 Å². The highest BCUT2D eigenvalue weighted by Crippen LogP contribution is 2.18. The summed E-state index contributed by atoms with van der Waals surface area (Å²) < 4.78 is 10.9. The van der Waals surface area contributed by atoms with E-state index in [0.29, 0.717) is 12.5 Å². The number of aryl methyl sites for hydroxylation is 1. The molecule has 1 rings (SSSR count). The van der Waals surface area contributed by atoms with Crippen molar-refractivity contribution in [1.29, 1.82) is 0 Å². The van der Waals surface area contributed by atoms with Gasteiger partial charge in [0.15, 0.2) is 0 Å². The third-order valence-corrected chi connectivity index (χ3v) is 2.50. The van der Waals surface area contributed by atoms with Gasteiger partial charge in [0.05, 0.1) is 12.5 Å². The first kappa shape index (κ1) is 14.9. The molecule has 0 N–H and O–H groups in total. The minimum absolute atomic E-state index is 0.356. The predicted molar refractivity (Wildman–Crippen MR) is 75.4 cm³/mol. The van der Waals surface area contributed by atoms with Crippen LogP contribution in [-0.4, -0.2) is 25.7 Å². The van der Waals surface area contributed by atoms with Crippen molar-refractivity contribution in [1.82, 2.24) is 0 Å². The quantitative estimate of drug-likeness (QED) is 0.446. The molecule has 0 aliphatic rings. The summed E-state index contributed by atoms with van der Waals surface area (Å²) in [5, 5.41) is 0. The van der Waals surface area contributed by atoms with Gasteiger partial charge < -0.3 is 9.47 Å². The fraction of sp³-hybridized carbons (Fsp3) is 0.467. The molecule has 0 saturated heterocycles. The molecule has 18 heavy (non-hydrogen) atoms. The van der Waals surface area contributed by atoms with Crippen LogP contribution in [0.2, 0.25) is 0 Å². The number of benzene rings is 1. The Morgan fingerprint density at radius 2 is 2.11 bits per heavy atom. The molecule has 98 valence electrons. The topological polar surface area (TPSA) is 18.5 Å². The second-order valence-electron chi connectivity index (χ2n) is 3.81. The van der Waals surface area contributed by atoms with Crippen LogP contribution in [-0.2, 0) is 4.74 Å². The molecule has 0 radical (unpaired) electrons. The lowest BCUT2D eigenvalue weighted by Gasteiger charge is -2.09. The Kier molecular flexibility index (Phi) is 7.32. The third kappa shape index (κ3) is 5.44. The summed E-state index contributed by atoms with van der Waals surface area (Å²) in [5.41, 5.74) is 2.06. The van der Waals surface area contributed by atoms with Crippen LogP contribution in [0.1, 0.15) is 24.5 Å². The Labute approximate surface area is 114 Å². The summed E-state index contributed by atoms with van der Waals surface area (Å²) in [6, 6.07) is 5.91. The van der Waals surface area contributed by atoms with Gasteiger partial charge in [0.2, 0.25) is 0 Å². The molecule has 0 atom stereocenters. The van der Waals surface area contributed by atoms with Crippen molar-refractivity contribution in [3.8, 4) is 17.6 Å². The van der Waals surface area contributed by atoms with Gasteiger partial charge in [-0.3, -0.25) is 0 Å². The third-order valence-electron chi connectivity index (χ3n) is 2.37. The SMILES string of the molecule is CCOCCCOc1ccc(C#CCCl)cc1C. The van der Waals surface area contributed by atoms with E-state index < -0.39 is 0 Å². The van der Waals surface area contributed by atoms with E-state index in [4.69, 9.17) is 21.1 Å². The van der Waals surface area contributed by atoms with Crippen molar-refractivity contribution in [2.75, 3.05) is 25.7 Å². The van der Waals surface area contributed by atoms with Gasteiger partial charge in [-0.2, -0.15) is 0 Å². The molecule has 0 unspecified atom stereocenters. The fourth-order valence-corrected chi connectivity index (χ4v) is 1.58. The van der Waals surface area contributed by atoms with Crippen molar-refractivity contribution >= 4 is 11.6 Å². The number of alkyl halides is 1. The van der Waals surface area contributed by atoms with Gasteiger partial charge in [-0.05, 0) is 37.6 Å². The molecular formula is C15H19ClO2. The number of hydrogen-bond donors (Lipinski definition) is 0. The highest BCUT2D eigenvalue weighted by atomic mass is 35.5. The summed E-state index contributed by atoms with van der Waals surface area (Å²) >= 11 is 5.52. The van der Waals surface area contributed by atoms with Crippen LogP contribution in [0.4, 0.5) is 0 Å². The number of ether oxygens (including phenoxy) is 2. The van der Waals surface area contributed by atoms with E-state index in [2.05, 4.69) is 11.8 Å². The zero-order valence-corrected chi connectivity index (χ0v) is 11.7. The van der Waals surface area contributed by atoms with Gasteiger partial charge in [-0.25, -0.2) is 0 Å².